The Labute approximate surface area is 89.3 Å². The lowest BCUT2D eigenvalue weighted by Crippen LogP contribution is -2.27. The van der Waals surface area contributed by atoms with Crippen molar-refractivity contribution in [3.8, 4) is 5.75 Å². The zero-order valence-electron chi connectivity index (χ0n) is 9.08. The maximum atomic E-state index is 5.29. The molecule has 0 spiro atoms. The van der Waals surface area contributed by atoms with E-state index in [0.29, 0.717) is 17.6 Å². The second-order valence-electron chi connectivity index (χ2n) is 3.63. The summed E-state index contributed by atoms with van der Waals surface area (Å²) in [5, 5.41) is 6.34. The molecule has 1 aromatic rings. The Morgan fingerprint density at radius 3 is 2.60 bits per heavy atom. The van der Waals surface area contributed by atoms with Crippen molar-refractivity contribution in [2.45, 2.75) is 25.3 Å². The molecule has 1 heterocycles. The van der Waals surface area contributed by atoms with E-state index in [1.54, 1.807) is 7.11 Å². The molecule has 0 aliphatic heterocycles. The van der Waals surface area contributed by atoms with E-state index in [0.717, 1.165) is 5.82 Å². The summed E-state index contributed by atoms with van der Waals surface area (Å²) in [6, 6.07) is 0.540. The Balaban J connectivity index is 2.20. The number of methoxy groups -OCH3 is 1. The SMILES string of the molecule is CNc1ncnc(NC2CCC2)c1OC. The number of hydrogen-bond donors (Lipinski definition) is 2. The van der Waals surface area contributed by atoms with Crippen LogP contribution in [-0.4, -0.2) is 30.2 Å². The van der Waals surface area contributed by atoms with Crippen molar-refractivity contribution < 1.29 is 4.74 Å². The average molecular weight is 208 g/mol. The maximum absolute atomic E-state index is 5.29. The van der Waals surface area contributed by atoms with Gasteiger partial charge in [-0.25, -0.2) is 9.97 Å². The van der Waals surface area contributed by atoms with Gasteiger partial charge in [-0.15, -0.1) is 0 Å². The van der Waals surface area contributed by atoms with Gasteiger partial charge in [-0.2, -0.15) is 0 Å². The normalized spacial score (nSPS) is 15.6. The monoisotopic (exact) mass is 208 g/mol. The van der Waals surface area contributed by atoms with Gasteiger partial charge < -0.3 is 15.4 Å². The van der Waals surface area contributed by atoms with Crippen LogP contribution >= 0.6 is 0 Å². The average Bonchev–Trinajstić information content (AvgIpc) is 2.22. The second-order valence-corrected chi connectivity index (χ2v) is 3.63. The van der Waals surface area contributed by atoms with Gasteiger partial charge in [0, 0.05) is 13.1 Å². The molecule has 0 saturated heterocycles. The third-order valence-electron chi connectivity index (χ3n) is 2.69. The lowest BCUT2D eigenvalue weighted by Gasteiger charge is -2.27. The molecule has 5 nitrogen and oxygen atoms in total. The summed E-state index contributed by atoms with van der Waals surface area (Å²) in [6.07, 6.45) is 5.25. The van der Waals surface area contributed by atoms with Gasteiger partial charge in [-0.3, -0.25) is 0 Å². The van der Waals surface area contributed by atoms with Gasteiger partial charge >= 0.3 is 0 Å². The Morgan fingerprint density at radius 2 is 2.07 bits per heavy atom. The highest BCUT2D eigenvalue weighted by Gasteiger charge is 2.20. The molecule has 1 aliphatic rings. The Hall–Kier alpha value is -1.52. The minimum absolute atomic E-state index is 0.540. The fraction of sp³-hybridized carbons (Fsp3) is 0.600. The second kappa shape index (κ2) is 4.33. The van der Waals surface area contributed by atoms with Crippen molar-refractivity contribution in [1.29, 1.82) is 0 Å². The van der Waals surface area contributed by atoms with Gasteiger partial charge in [0.2, 0.25) is 5.75 Å². The first kappa shape index (κ1) is 10.0. The van der Waals surface area contributed by atoms with Crippen LogP contribution in [0.15, 0.2) is 6.33 Å². The van der Waals surface area contributed by atoms with Crippen molar-refractivity contribution in [3.05, 3.63) is 6.33 Å². The number of anilines is 2. The molecule has 2 rings (SSSR count). The van der Waals surface area contributed by atoms with Crippen molar-refractivity contribution in [2.24, 2.45) is 0 Å². The van der Waals surface area contributed by atoms with Crippen LogP contribution in [0.1, 0.15) is 19.3 Å². The number of nitrogens with one attached hydrogen (secondary N) is 2. The highest BCUT2D eigenvalue weighted by Crippen LogP contribution is 2.31. The van der Waals surface area contributed by atoms with Crippen molar-refractivity contribution in [1.82, 2.24) is 9.97 Å². The Bertz CT molecular complexity index is 338. The molecule has 1 saturated carbocycles. The summed E-state index contributed by atoms with van der Waals surface area (Å²) in [5.41, 5.74) is 0. The van der Waals surface area contributed by atoms with Gasteiger partial charge in [-0.1, -0.05) is 0 Å². The van der Waals surface area contributed by atoms with E-state index >= 15 is 0 Å². The van der Waals surface area contributed by atoms with E-state index in [9.17, 15) is 0 Å². The van der Waals surface area contributed by atoms with Crippen LogP contribution in [0.2, 0.25) is 0 Å². The summed E-state index contributed by atoms with van der Waals surface area (Å²) in [5.74, 6) is 2.18. The molecule has 0 aromatic carbocycles. The molecular formula is C10H16N4O. The predicted octanol–water partition coefficient (Wildman–Crippen LogP) is 1.49. The number of ether oxygens (including phenoxy) is 1. The lowest BCUT2D eigenvalue weighted by atomic mass is 9.93. The van der Waals surface area contributed by atoms with Gasteiger partial charge in [0.05, 0.1) is 7.11 Å². The summed E-state index contributed by atoms with van der Waals surface area (Å²) in [6.45, 7) is 0. The van der Waals surface area contributed by atoms with E-state index in [-0.39, 0.29) is 0 Å². The summed E-state index contributed by atoms with van der Waals surface area (Å²) < 4.78 is 5.29. The van der Waals surface area contributed by atoms with Crippen LogP contribution in [0.25, 0.3) is 0 Å². The molecule has 5 heteroatoms. The lowest BCUT2D eigenvalue weighted by molar-refractivity contribution is 0.407. The van der Waals surface area contributed by atoms with E-state index in [2.05, 4.69) is 20.6 Å². The van der Waals surface area contributed by atoms with Gasteiger partial charge in [0.25, 0.3) is 0 Å². The maximum Gasteiger partial charge on any atom is 0.204 e. The third-order valence-corrected chi connectivity index (χ3v) is 2.69. The Kier molecular flexibility index (Phi) is 2.89. The van der Waals surface area contributed by atoms with Crippen LogP contribution < -0.4 is 15.4 Å². The molecule has 1 fully saturated rings. The smallest absolute Gasteiger partial charge is 0.204 e. The molecular weight excluding hydrogens is 192 g/mol. The molecule has 1 aliphatic carbocycles. The standard InChI is InChI=1S/C10H16N4O/c1-11-9-8(15-2)10(13-6-12-9)14-7-4-3-5-7/h6-7H,3-5H2,1-2H3,(H2,11,12,13,14). The minimum atomic E-state index is 0.540. The first-order chi connectivity index (χ1) is 7.35. The highest BCUT2D eigenvalue weighted by atomic mass is 16.5. The van der Waals surface area contributed by atoms with Crippen LogP contribution in [0.3, 0.4) is 0 Å². The number of rotatable bonds is 4. The van der Waals surface area contributed by atoms with Crippen molar-refractivity contribution in [2.75, 3.05) is 24.8 Å². The van der Waals surface area contributed by atoms with E-state index in [1.807, 2.05) is 7.05 Å². The highest BCUT2D eigenvalue weighted by molar-refractivity contribution is 5.63. The predicted molar refractivity (Wildman–Crippen MR) is 59.4 cm³/mol. The largest absolute Gasteiger partial charge is 0.490 e. The molecule has 0 unspecified atom stereocenters. The molecule has 0 radical (unpaired) electrons. The molecule has 1 aromatic heterocycles. The van der Waals surface area contributed by atoms with Crippen molar-refractivity contribution >= 4 is 11.6 Å². The first-order valence-corrected chi connectivity index (χ1v) is 5.18. The van der Waals surface area contributed by atoms with Crippen molar-refractivity contribution in [3.63, 3.8) is 0 Å². The molecule has 0 atom stereocenters. The molecule has 2 N–H and O–H groups in total. The summed E-state index contributed by atoms with van der Waals surface area (Å²) in [4.78, 5) is 8.29. The number of hydrogen-bond acceptors (Lipinski definition) is 5. The Morgan fingerprint density at radius 1 is 1.33 bits per heavy atom. The zero-order chi connectivity index (χ0) is 10.7. The quantitative estimate of drug-likeness (QED) is 0.785. The summed E-state index contributed by atoms with van der Waals surface area (Å²) in [7, 11) is 3.45. The number of aromatic nitrogens is 2. The molecule has 82 valence electrons. The van der Waals surface area contributed by atoms with Crippen LogP contribution in [0, 0.1) is 0 Å². The first-order valence-electron chi connectivity index (χ1n) is 5.18. The third kappa shape index (κ3) is 1.95. The van der Waals surface area contributed by atoms with Crippen LogP contribution in [0.5, 0.6) is 5.75 Å². The number of nitrogens with zero attached hydrogens (tertiary/aromatic N) is 2. The van der Waals surface area contributed by atoms with Gasteiger partial charge in [0.1, 0.15) is 6.33 Å². The van der Waals surface area contributed by atoms with Gasteiger partial charge in [-0.05, 0) is 19.3 Å². The fourth-order valence-electron chi connectivity index (χ4n) is 1.59. The van der Waals surface area contributed by atoms with Crippen LogP contribution in [-0.2, 0) is 0 Å². The molecule has 15 heavy (non-hydrogen) atoms. The van der Waals surface area contributed by atoms with E-state index < -0.39 is 0 Å². The fourth-order valence-corrected chi connectivity index (χ4v) is 1.59. The van der Waals surface area contributed by atoms with Gasteiger partial charge in [0.15, 0.2) is 11.6 Å². The summed E-state index contributed by atoms with van der Waals surface area (Å²) >= 11 is 0. The zero-order valence-corrected chi connectivity index (χ0v) is 9.08. The topological polar surface area (TPSA) is 59.1 Å². The van der Waals surface area contributed by atoms with Crippen LogP contribution in [0.4, 0.5) is 11.6 Å². The molecule has 0 bridgehead atoms. The van der Waals surface area contributed by atoms with E-state index in [4.69, 9.17) is 4.74 Å². The van der Waals surface area contributed by atoms with E-state index in [1.165, 1.54) is 25.6 Å². The minimum Gasteiger partial charge on any atom is -0.490 e. The molecule has 0 amide bonds.